The van der Waals surface area contributed by atoms with Crippen molar-refractivity contribution in [1.29, 1.82) is 0 Å². The number of aromatic nitrogens is 3. The highest BCUT2D eigenvalue weighted by Gasteiger charge is 2.53. The Balaban J connectivity index is 2.13. The molecular formula is C12H15FN4O2. The zero-order chi connectivity index (χ0) is 13.8. The lowest BCUT2D eigenvalue weighted by atomic mass is 9.93. The fraction of sp³-hybridized carbons (Fsp3) is 0.500. The fourth-order valence-electron chi connectivity index (χ4n) is 2.57. The van der Waals surface area contributed by atoms with Crippen molar-refractivity contribution in [3.8, 4) is 0 Å². The summed E-state index contributed by atoms with van der Waals surface area (Å²) in [5, 5.41) is 13.9. The van der Waals surface area contributed by atoms with Crippen molar-refractivity contribution in [3.63, 3.8) is 0 Å². The van der Waals surface area contributed by atoms with E-state index < -0.39 is 24.0 Å². The van der Waals surface area contributed by atoms with Crippen LogP contribution in [0.2, 0.25) is 0 Å². The third-order valence-electron chi connectivity index (χ3n) is 3.67. The molecule has 0 spiro atoms. The number of ether oxygens (including phenoxy) is 1. The van der Waals surface area contributed by atoms with Crippen molar-refractivity contribution in [2.75, 3.05) is 5.73 Å². The lowest BCUT2D eigenvalue weighted by Crippen LogP contribution is -2.37. The molecule has 3 heterocycles. The van der Waals surface area contributed by atoms with E-state index >= 15 is 0 Å². The monoisotopic (exact) mass is 266 g/mol. The summed E-state index contributed by atoms with van der Waals surface area (Å²) in [5.74, 6) is 0.313. The Bertz CT molecular complexity index is 627. The van der Waals surface area contributed by atoms with Crippen molar-refractivity contribution in [2.45, 2.75) is 37.8 Å². The molecule has 6 nitrogen and oxygen atoms in total. The van der Waals surface area contributed by atoms with Gasteiger partial charge in [-0.15, -0.1) is 0 Å². The predicted octanol–water partition coefficient (Wildman–Crippen LogP) is 0.860. The van der Waals surface area contributed by atoms with Crippen molar-refractivity contribution in [3.05, 3.63) is 24.2 Å². The smallest absolute Gasteiger partial charge is 0.168 e. The average molecular weight is 266 g/mol. The third kappa shape index (κ3) is 1.62. The van der Waals surface area contributed by atoms with Crippen LogP contribution in [0.3, 0.4) is 0 Å². The van der Waals surface area contributed by atoms with E-state index in [9.17, 15) is 9.50 Å². The van der Waals surface area contributed by atoms with Crippen LogP contribution in [0.1, 0.15) is 25.6 Å². The molecule has 0 aromatic carbocycles. The summed E-state index contributed by atoms with van der Waals surface area (Å²) in [6.45, 7) is 2.97. The van der Waals surface area contributed by atoms with E-state index in [1.165, 1.54) is 17.8 Å². The molecule has 4 atom stereocenters. The van der Waals surface area contributed by atoms with E-state index in [1.807, 2.05) is 0 Å². The minimum atomic E-state index is -1.88. The number of alkyl halides is 1. The highest BCUT2D eigenvalue weighted by atomic mass is 19.1. The molecule has 1 aliphatic heterocycles. The molecular weight excluding hydrogens is 251 g/mol. The van der Waals surface area contributed by atoms with Gasteiger partial charge in [-0.25, -0.2) is 13.9 Å². The molecule has 0 saturated carbocycles. The van der Waals surface area contributed by atoms with Gasteiger partial charge in [0.25, 0.3) is 0 Å². The number of rotatable bonds is 1. The van der Waals surface area contributed by atoms with Crippen LogP contribution >= 0.6 is 0 Å². The maximum atomic E-state index is 14.6. The van der Waals surface area contributed by atoms with E-state index in [0.29, 0.717) is 17.0 Å². The first kappa shape index (κ1) is 12.3. The molecule has 1 aliphatic rings. The van der Waals surface area contributed by atoms with Gasteiger partial charge in [-0.3, -0.25) is 0 Å². The van der Waals surface area contributed by atoms with Gasteiger partial charge in [0.2, 0.25) is 0 Å². The maximum absolute atomic E-state index is 14.6. The van der Waals surface area contributed by atoms with Gasteiger partial charge in [-0.2, -0.15) is 5.10 Å². The third-order valence-corrected chi connectivity index (χ3v) is 3.67. The number of fused-ring (bicyclic) bond motifs is 1. The van der Waals surface area contributed by atoms with Crippen LogP contribution in [0, 0.1) is 0 Å². The Kier molecular flexibility index (Phi) is 2.51. The molecule has 0 amide bonds. The highest BCUT2D eigenvalue weighted by molar-refractivity contribution is 5.65. The molecule has 0 radical (unpaired) electrons. The van der Waals surface area contributed by atoms with Gasteiger partial charge >= 0.3 is 0 Å². The standard InChI is InChI=1S/C12H15FN4O2/c1-6-9(18)12(2,13)10(19-6)7-3-4-8-11(14)15-5-16-17(7)8/h3-6,9-10,18H,1-2H3,(H2,14,15,16)/t6?,9-,10+,12-/m1/s1. The fourth-order valence-corrected chi connectivity index (χ4v) is 2.57. The average Bonchev–Trinajstić information content (AvgIpc) is 2.86. The van der Waals surface area contributed by atoms with Crippen LogP contribution in [0.5, 0.6) is 0 Å². The SMILES string of the molecule is CC1O[C@@H](c2ccc3c(N)ncnn23)[C@](C)(F)[C@@H]1O. The number of halogens is 1. The quantitative estimate of drug-likeness (QED) is 0.799. The van der Waals surface area contributed by atoms with Gasteiger partial charge in [0.15, 0.2) is 11.5 Å². The van der Waals surface area contributed by atoms with E-state index in [1.54, 1.807) is 19.1 Å². The molecule has 1 saturated heterocycles. The Labute approximate surface area is 109 Å². The van der Waals surface area contributed by atoms with Crippen molar-refractivity contribution in [2.24, 2.45) is 0 Å². The first-order valence-corrected chi connectivity index (χ1v) is 6.03. The summed E-state index contributed by atoms with van der Waals surface area (Å²) in [6.07, 6.45) is -1.35. The minimum Gasteiger partial charge on any atom is -0.387 e. The van der Waals surface area contributed by atoms with Crippen LogP contribution in [0.4, 0.5) is 10.2 Å². The topological polar surface area (TPSA) is 85.7 Å². The Hall–Kier alpha value is -1.73. The predicted molar refractivity (Wildman–Crippen MR) is 66.2 cm³/mol. The summed E-state index contributed by atoms with van der Waals surface area (Å²) in [6, 6.07) is 3.40. The van der Waals surface area contributed by atoms with Crippen molar-refractivity contribution < 1.29 is 14.2 Å². The molecule has 0 bridgehead atoms. The molecule has 3 N–H and O–H groups in total. The van der Waals surface area contributed by atoms with Crippen LogP contribution in [-0.2, 0) is 4.74 Å². The molecule has 19 heavy (non-hydrogen) atoms. The first-order chi connectivity index (χ1) is 8.93. The van der Waals surface area contributed by atoms with Crippen molar-refractivity contribution in [1.82, 2.24) is 14.6 Å². The number of hydrogen-bond acceptors (Lipinski definition) is 5. The zero-order valence-corrected chi connectivity index (χ0v) is 10.6. The van der Waals surface area contributed by atoms with E-state index in [-0.39, 0.29) is 0 Å². The van der Waals surface area contributed by atoms with Crippen LogP contribution < -0.4 is 5.73 Å². The summed E-state index contributed by atoms with van der Waals surface area (Å²) in [5.41, 5.74) is 4.95. The highest BCUT2D eigenvalue weighted by Crippen LogP contribution is 2.44. The second-order valence-electron chi connectivity index (χ2n) is 5.02. The molecule has 1 fully saturated rings. The summed E-state index contributed by atoms with van der Waals surface area (Å²) in [4.78, 5) is 3.88. The number of aliphatic hydroxyl groups excluding tert-OH is 1. The first-order valence-electron chi connectivity index (χ1n) is 6.03. The molecule has 102 valence electrons. The number of aliphatic hydroxyl groups is 1. The molecule has 7 heteroatoms. The normalized spacial score (nSPS) is 35.1. The number of anilines is 1. The molecule has 2 aromatic rings. The lowest BCUT2D eigenvalue weighted by Gasteiger charge is -2.23. The summed E-state index contributed by atoms with van der Waals surface area (Å²) in [7, 11) is 0. The number of hydrogen-bond donors (Lipinski definition) is 2. The summed E-state index contributed by atoms with van der Waals surface area (Å²) >= 11 is 0. The second-order valence-corrected chi connectivity index (χ2v) is 5.02. The van der Waals surface area contributed by atoms with Crippen LogP contribution in [-0.4, -0.2) is 37.6 Å². The lowest BCUT2D eigenvalue weighted by molar-refractivity contribution is -0.0000496. The van der Waals surface area contributed by atoms with Crippen LogP contribution in [0.15, 0.2) is 18.5 Å². The van der Waals surface area contributed by atoms with Crippen molar-refractivity contribution >= 4 is 11.3 Å². The van der Waals surface area contributed by atoms with Gasteiger partial charge in [0.1, 0.15) is 24.1 Å². The number of nitrogen functional groups attached to an aromatic ring is 1. The van der Waals surface area contributed by atoms with Gasteiger partial charge < -0.3 is 15.6 Å². The van der Waals surface area contributed by atoms with Gasteiger partial charge in [0, 0.05) is 0 Å². The van der Waals surface area contributed by atoms with Gasteiger partial charge in [-0.1, -0.05) is 0 Å². The van der Waals surface area contributed by atoms with E-state index in [2.05, 4.69) is 10.1 Å². The van der Waals surface area contributed by atoms with Crippen LogP contribution in [0.25, 0.3) is 5.52 Å². The molecule has 3 rings (SSSR count). The van der Waals surface area contributed by atoms with Gasteiger partial charge in [0.05, 0.1) is 11.8 Å². The number of nitrogens with two attached hydrogens (primary N) is 1. The molecule has 0 aliphatic carbocycles. The van der Waals surface area contributed by atoms with E-state index in [0.717, 1.165) is 0 Å². The Morgan fingerprint density at radius 1 is 1.53 bits per heavy atom. The maximum Gasteiger partial charge on any atom is 0.168 e. The molecule has 1 unspecified atom stereocenters. The Morgan fingerprint density at radius 2 is 2.26 bits per heavy atom. The largest absolute Gasteiger partial charge is 0.387 e. The van der Waals surface area contributed by atoms with E-state index in [4.69, 9.17) is 10.5 Å². The Morgan fingerprint density at radius 3 is 2.89 bits per heavy atom. The zero-order valence-electron chi connectivity index (χ0n) is 10.6. The molecule has 2 aromatic heterocycles. The second kappa shape index (κ2) is 3.88. The minimum absolute atomic E-state index is 0.313. The van der Waals surface area contributed by atoms with Gasteiger partial charge in [-0.05, 0) is 26.0 Å². The number of nitrogens with zero attached hydrogens (tertiary/aromatic N) is 3. The summed E-state index contributed by atoms with van der Waals surface area (Å²) < 4.78 is 21.7.